The van der Waals surface area contributed by atoms with E-state index >= 15 is 0 Å². The van der Waals surface area contributed by atoms with Crippen molar-refractivity contribution in [3.05, 3.63) is 42.5 Å². The Hall–Kier alpha value is -2.62. The van der Waals surface area contributed by atoms with Crippen molar-refractivity contribution in [1.82, 2.24) is 4.98 Å². The minimum atomic E-state index is 0.759. The third kappa shape index (κ3) is 2.40. The SMILES string of the molecule is COc1cc(OC)cc(-c2cc3cccc(OC)c3[nH]2)c1. The van der Waals surface area contributed by atoms with Crippen molar-refractivity contribution in [3.63, 3.8) is 0 Å². The van der Waals surface area contributed by atoms with Gasteiger partial charge >= 0.3 is 0 Å². The van der Waals surface area contributed by atoms with Crippen LogP contribution in [0.3, 0.4) is 0 Å². The van der Waals surface area contributed by atoms with Gasteiger partial charge in [0.25, 0.3) is 0 Å². The number of H-pyrrole nitrogens is 1. The molecule has 108 valence electrons. The third-order valence-electron chi connectivity index (χ3n) is 3.50. The van der Waals surface area contributed by atoms with Gasteiger partial charge in [0.2, 0.25) is 0 Å². The van der Waals surface area contributed by atoms with E-state index in [-0.39, 0.29) is 0 Å². The Balaban J connectivity index is 2.16. The molecule has 1 N–H and O–H groups in total. The summed E-state index contributed by atoms with van der Waals surface area (Å²) in [6.07, 6.45) is 0. The highest BCUT2D eigenvalue weighted by molar-refractivity contribution is 5.90. The first-order valence-electron chi connectivity index (χ1n) is 6.64. The molecule has 2 aromatic carbocycles. The van der Waals surface area contributed by atoms with Crippen molar-refractivity contribution < 1.29 is 14.2 Å². The minimum absolute atomic E-state index is 0.759. The average Bonchev–Trinajstić information content (AvgIpc) is 2.98. The predicted molar refractivity (Wildman–Crippen MR) is 83.4 cm³/mol. The summed E-state index contributed by atoms with van der Waals surface area (Å²) in [4.78, 5) is 3.40. The molecule has 0 amide bonds. The number of rotatable bonds is 4. The summed E-state index contributed by atoms with van der Waals surface area (Å²) in [5, 5.41) is 1.10. The fraction of sp³-hybridized carbons (Fsp3) is 0.176. The first kappa shape index (κ1) is 13.4. The molecule has 0 radical (unpaired) electrons. The highest BCUT2D eigenvalue weighted by atomic mass is 16.5. The Kier molecular flexibility index (Phi) is 3.44. The lowest BCUT2D eigenvalue weighted by atomic mass is 10.1. The van der Waals surface area contributed by atoms with E-state index in [0.717, 1.165) is 39.4 Å². The Morgan fingerprint density at radius 1 is 0.810 bits per heavy atom. The van der Waals surface area contributed by atoms with Crippen LogP contribution in [0.2, 0.25) is 0 Å². The molecule has 0 aliphatic heterocycles. The number of para-hydroxylation sites is 1. The van der Waals surface area contributed by atoms with Crippen molar-refractivity contribution >= 4 is 10.9 Å². The van der Waals surface area contributed by atoms with E-state index in [1.165, 1.54) is 0 Å². The maximum absolute atomic E-state index is 5.39. The predicted octanol–water partition coefficient (Wildman–Crippen LogP) is 3.86. The van der Waals surface area contributed by atoms with Crippen LogP contribution in [-0.2, 0) is 0 Å². The van der Waals surface area contributed by atoms with E-state index in [2.05, 4.69) is 17.1 Å². The standard InChI is InChI=1S/C17H17NO3/c1-19-13-7-12(8-14(10-13)20-2)15-9-11-5-4-6-16(21-3)17(11)18-15/h4-10,18H,1-3H3. The summed E-state index contributed by atoms with van der Waals surface area (Å²) in [5.41, 5.74) is 2.98. The van der Waals surface area contributed by atoms with Crippen molar-refractivity contribution in [2.24, 2.45) is 0 Å². The number of aromatic nitrogens is 1. The summed E-state index contributed by atoms with van der Waals surface area (Å²) in [6.45, 7) is 0. The first-order chi connectivity index (χ1) is 10.2. The number of ether oxygens (including phenoxy) is 3. The fourth-order valence-corrected chi connectivity index (χ4v) is 2.42. The molecule has 0 bridgehead atoms. The first-order valence-corrected chi connectivity index (χ1v) is 6.64. The van der Waals surface area contributed by atoms with Crippen molar-refractivity contribution in [2.45, 2.75) is 0 Å². The molecule has 0 aliphatic rings. The highest BCUT2D eigenvalue weighted by Gasteiger charge is 2.09. The normalized spacial score (nSPS) is 10.6. The van der Waals surface area contributed by atoms with Gasteiger partial charge in [-0.25, -0.2) is 0 Å². The van der Waals surface area contributed by atoms with E-state index in [1.54, 1.807) is 21.3 Å². The van der Waals surface area contributed by atoms with Gasteiger partial charge in [0, 0.05) is 22.7 Å². The molecule has 0 atom stereocenters. The number of methoxy groups -OCH3 is 3. The van der Waals surface area contributed by atoms with Gasteiger partial charge < -0.3 is 19.2 Å². The van der Waals surface area contributed by atoms with Crippen molar-refractivity contribution in [2.75, 3.05) is 21.3 Å². The molecule has 0 saturated carbocycles. The molecular weight excluding hydrogens is 266 g/mol. The van der Waals surface area contributed by atoms with E-state index in [4.69, 9.17) is 14.2 Å². The number of benzene rings is 2. The Bertz CT molecular complexity index is 755. The van der Waals surface area contributed by atoms with Crippen LogP contribution >= 0.6 is 0 Å². The summed E-state index contributed by atoms with van der Waals surface area (Å²) in [6, 6.07) is 13.9. The number of hydrogen-bond donors (Lipinski definition) is 1. The molecule has 21 heavy (non-hydrogen) atoms. The van der Waals surface area contributed by atoms with Crippen LogP contribution in [-0.4, -0.2) is 26.3 Å². The second-order valence-electron chi connectivity index (χ2n) is 4.71. The zero-order valence-electron chi connectivity index (χ0n) is 12.3. The quantitative estimate of drug-likeness (QED) is 0.790. The van der Waals surface area contributed by atoms with Gasteiger partial charge in [0.05, 0.1) is 26.8 Å². The molecule has 4 heteroatoms. The van der Waals surface area contributed by atoms with Crippen LogP contribution in [0.25, 0.3) is 22.2 Å². The summed E-state index contributed by atoms with van der Waals surface area (Å²) < 4.78 is 16.0. The summed E-state index contributed by atoms with van der Waals surface area (Å²) in [5.74, 6) is 2.35. The molecule has 0 unspecified atom stereocenters. The maximum Gasteiger partial charge on any atom is 0.142 e. The molecule has 4 nitrogen and oxygen atoms in total. The molecule has 0 saturated heterocycles. The largest absolute Gasteiger partial charge is 0.497 e. The summed E-state index contributed by atoms with van der Waals surface area (Å²) in [7, 11) is 4.96. The van der Waals surface area contributed by atoms with Gasteiger partial charge in [-0.3, -0.25) is 0 Å². The smallest absolute Gasteiger partial charge is 0.142 e. The van der Waals surface area contributed by atoms with Crippen LogP contribution in [0.15, 0.2) is 42.5 Å². The van der Waals surface area contributed by atoms with Gasteiger partial charge in [-0.1, -0.05) is 12.1 Å². The van der Waals surface area contributed by atoms with Crippen LogP contribution < -0.4 is 14.2 Å². The number of aromatic amines is 1. The highest BCUT2D eigenvalue weighted by Crippen LogP contribution is 2.33. The van der Waals surface area contributed by atoms with E-state index < -0.39 is 0 Å². The minimum Gasteiger partial charge on any atom is -0.497 e. The number of hydrogen-bond acceptors (Lipinski definition) is 3. The fourth-order valence-electron chi connectivity index (χ4n) is 2.42. The molecular formula is C17H17NO3. The zero-order chi connectivity index (χ0) is 14.8. The van der Waals surface area contributed by atoms with Crippen molar-refractivity contribution in [1.29, 1.82) is 0 Å². The average molecular weight is 283 g/mol. The van der Waals surface area contributed by atoms with Crippen LogP contribution in [0.1, 0.15) is 0 Å². The maximum atomic E-state index is 5.39. The second kappa shape index (κ2) is 5.40. The van der Waals surface area contributed by atoms with Gasteiger partial charge in [-0.15, -0.1) is 0 Å². The summed E-state index contributed by atoms with van der Waals surface area (Å²) >= 11 is 0. The van der Waals surface area contributed by atoms with Crippen LogP contribution in [0.4, 0.5) is 0 Å². The van der Waals surface area contributed by atoms with Crippen molar-refractivity contribution in [3.8, 4) is 28.5 Å². The molecule has 0 aliphatic carbocycles. The van der Waals surface area contributed by atoms with E-state index in [1.807, 2.05) is 30.3 Å². The Morgan fingerprint density at radius 3 is 2.14 bits per heavy atom. The lowest BCUT2D eigenvalue weighted by molar-refractivity contribution is 0.394. The topological polar surface area (TPSA) is 43.5 Å². The van der Waals surface area contributed by atoms with Gasteiger partial charge in [0.15, 0.2) is 0 Å². The van der Waals surface area contributed by atoms with E-state index in [9.17, 15) is 0 Å². The van der Waals surface area contributed by atoms with Gasteiger partial charge in [0.1, 0.15) is 17.2 Å². The molecule has 1 heterocycles. The number of fused-ring (bicyclic) bond motifs is 1. The lowest BCUT2D eigenvalue weighted by Gasteiger charge is -2.07. The number of nitrogens with one attached hydrogen (secondary N) is 1. The molecule has 0 fully saturated rings. The van der Waals surface area contributed by atoms with Crippen LogP contribution in [0, 0.1) is 0 Å². The molecule has 0 spiro atoms. The second-order valence-corrected chi connectivity index (χ2v) is 4.71. The molecule has 1 aromatic heterocycles. The third-order valence-corrected chi connectivity index (χ3v) is 3.50. The lowest BCUT2D eigenvalue weighted by Crippen LogP contribution is -1.89. The van der Waals surface area contributed by atoms with Crippen LogP contribution in [0.5, 0.6) is 17.2 Å². The molecule has 3 rings (SSSR count). The van der Waals surface area contributed by atoms with Gasteiger partial charge in [-0.05, 0) is 24.3 Å². The molecule has 3 aromatic rings. The van der Waals surface area contributed by atoms with E-state index in [0.29, 0.717) is 0 Å². The Morgan fingerprint density at radius 2 is 1.52 bits per heavy atom. The van der Waals surface area contributed by atoms with Gasteiger partial charge in [-0.2, -0.15) is 0 Å². The zero-order valence-corrected chi connectivity index (χ0v) is 12.3. The Labute approximate surface area is 123 Å². The monoisotopic (exact) mass is 283 g/mol.